The molecule has 2 aromatic carbocycles. The van der Waals surface area contributed by atoms with E-state index in [-0.39, 0.29) is 23.1 Å². The second-order valence-electron chi connectivity index (χ2n) is 6.97. The van der Waals surface area contributed by atoms with Crippen LogP contribution in [-0.2, 0) is 14.8 Å². The fourth-order valence-electron chi connectivity index (χ4n) is 3.23. The molecule has 3 rings (SSSR count). The number of piperazine rings is 1. The molecular formula is C20H23FN3O4S+. The lowest BCUT2D eigenvalue weighted by molar-refractivity contribution is -0.895. The molecule has 9 heteroatoms. The topological polar surface area (TPSA) is 88.0 Å². The van der Waals surface area contributed by atoms with Crippen LogP contribution in [0.15, 0.2) is 53.4 Å². The first kappa shape index (κ1) is 21.1. The van der Waals surface area contributed by atoms with Crippen molar-refractivity contribution in [2.75, 3.05) is 38.0 Å². The van der Waals surface area contributed by atoms with Gasteiger partial charge in [0.05, 0.1) is 31.1 Å². The van der Waals surface area contributed by atoms with Crippen LogP contribution in [-0.4, -0.2) is 57.1 Å². The molecule has 0 atom stereocenters. The Morgan fingerprint density at radius 3 is 2.34 bits per heavy atom. The Kier molecular flexibility index (Phi) is 6.41. The third kappa shape index (κ3) is 5.26. The average molecular weight is 420 g/mol. The number of carbonyl (C=O) groups is 2. The zero-order chi connectivity index (χ0) is 21.0. The molecule has 0 unspecified atom stereocenters. The smallest absolute Gasteiger partial charge is 0.279 e. The molecule has 1 heterocycles. The van der Waals surface area contributed by atoms with E-state index in [2.05, 4.69) is 5.32 Å². The Labute approximate surface area is 169 Å². The molecule has 29 heavy (non-hydrogen) atoms. The molecule has 154 valence electrons. The van der Waals surface area contributed by atoms with E-state index < -0.39 is 15.8 Å². The van der Waals surface area contributed by atoms with Gasteiger partial charge >= 0.3 is 0 Å². The third-order valence-electron chi connectivity index (χ3n) is 4.85. The van der Waals surface area contributed by atoms with E-state index in [4.69, 9.17) is 0 Å². The molecule has 0 saturated carbocycles. The van der Waals surface area contributed by atoms with Crippen LogP contribution < -0.4 is 10.2 Å². The van der Waals surface area contributed by atoms with Crippen molar-refractivity contribution in [2.24, 2.45) is 0 Å². The number of rotatable bonds is 6. The summed E-state index contributed by atoms with van der Waals surface area (Å²) in [6.07, 6.45) is 0. The monoisotopic (exact) mass is 420 g/mol. The number of carbonyl (C=O) groups excluding carboxylic acids is 2. The number of hydrogen-bond donors (Lipinski definition) is 2. The van der Waals surface area contributed by atoms with Gasteiger partial charge in [-0.15, -0.1) is 0 Å². The molecule has 0 radical (unpaired) electrons. The average Bonchev–Trinajstić information content (AvgIpc) is 2.68. The molecule has 1 amide bonds. The number of nitrogens with zero attached hydrogens (tertiary/aromatic N) is 1. The highest BCUT2D eigenvalue weighted by atomic mass is 32.2. The molecule has 1 saturated heterocycles. The Morgan fingerprint density at radius 2 is 1.76 bits per heavy atom. The van der Waals surface area contributed by atoms with Crippen LogP contribution in [0.1, 0.15) is 17.3 Å². The lowest BCUT2D eigenvalue weighted by Crippen LogP contribution is -3.15. The Bertz CT molecular complexity index is 1000. The summed E-state index contributed by atoms with van der Waals surface area (Å²) in [7, 11) is -3.64. The molecule has 1 fully saturated rings. The van der Waals surface area contributed by atoms with Gasteiger partial charge in [-0.05, 0) is 37.3 Å². The van der Waals surface area contributed by atoms with Crippen LogP contribution in [0.3, 0.4) is 0 Å². The largest absolute Gasteiger partial charge is 0.325 e. The van der Waals surface area contributed by atoms with E-state index in [1.165, 1.54) is 53.7 Å². The molecule has 0 bridgehead atoms. The van der Waals surface area contributed by atoms with Gasteiger partial charge in [0, 0.05) is 11.3 Å². The molecule has 0 spiro atoms. The number of benzene rings is 2. The Hall–Kier alpha value is -2.62. The predicted octanol–water partition coefficient (Wildman–Crippen LogP) is 0.556. The minimum absolute atomic E-state index is 0.123. The van der Waals surface area contributed by atoms with Crippen molar-refractivity contribution < 1.29 is 27.3 Å². The number of Topliss-reactive ketones (excluding diaryl/α,β-unsaturated/α-hetero) is 1. The fourth-order valence-corrected chi connectivity index (χ4v) is 4.67. The SMILES string of the molecule is CC(=O)c1ccc(S(=O)(=O)N2CC[NH+](CC(=O)Nc3cccc(F)c3)CC2)cc1. The standard InChI is InChI=1S/C20H22FN3O4S/c1-15(25)16-5-7-19(8-6-16)29(27,28)24-11-9-23(10-12-24)14-20(26)22-18-4-2-3-17(21)13-18/h2-8,13H,9-12,14H2,1H3,(H,22,26)/p+1. The first-order valence-corrected chi connectivity index (χ1v) is 10.7. The van der Waals surface area contributed by atoms with Crippen molar-refractivity contribution in [3.8, 4) is 0 Å². The maximum Gasteiger partial charge on any atom is 0.279 e. The third-order valence-corrected chi connectivity index (χ3v) is 6.76. The van der Waals surface area contributed by atoms with Crippen LogP contribution in [0.5, 0.6) is 0 Å². The molecular weight excluding hydrogens is 397 g/mol. The van der Waals surface area contributed by atoms with Crippen molar-refractivity contribution in [1.82, 2.24) is 4.31 Å². The molecule has 2 N–H and O–H groups in total. The van der Waals surface area contributed by atoms with Gasteiger partial charge in [-0.3, -0.25) is 9.59 Å². The van der Waals surface area contributed by atoms with E-state index in [0.29, 0.717) is 37.4 Å². The summed E-state index contributed by atoms with van der Waals surface area (Å²) in [4.78, 5) is 24.6. The summed E-state index contributed by atoms with van der Waals surface area (Å²) in [5.41, 5.74) is 0.854. The molecule has 2 aromatic rings. The normalized spacial score (nSPS) is 15.8. The van der Waals surface area contributed by atoms with Gasteiger partial charge in [0.2, 0.25) is 10.0 Å². The molecule has 7 nitrogen and oxygen atoms in total. The van der Waals surface area contributed by atoms with Gasteiger partial charge in [-0.2, -0.15) is 4.31 Å². The summed E-state index contributed by atoms with van der Waals surface area (Å²) in [5.74, 6) is -0.797. The van der Waals surface area contributed by atoms with Gasteiger partial charge in [0.1, 0.15) is 5.82 Å². The summed E-state index contributed by atoms with van der Waals surface area (Å²) >= 11 is 0. The van der Waals surface area contributed by atoms with Crippen molar-refractivity contribution in [3.63, 3.8) is 0 Å². The van der Waals surface area contributed by atoms with E-state index in [0.717, 1.165) is 4.90 Å². The number of quaternary nitrogens is 1. The van der Waals surface area contributed by atoms with Crippen LogP contribution in [0.4, 0.5) is 10.1 Å². The molecule has 0 aromatic heterocycles. The van der Waals surface area contributed by atoms with Crippen molar-refractivity contribution in [2.45, 2.75) is 11.8 Å². The maximum atomic E-state index is 13.2. The number of amides is 1. The van der Waals surface area contributed by atoms with Gasteiger partial charge in [-0.1, -0.05) is 18.2 Å². The van der Waals surface area contributed by atoms with Crippen molar-refractivity contribution in [1.29, 1.82) is 0 Å². The molecule has 1 aliphatic heterocycles. The summed E-state index contributed by atoms with van der Waals surface area (Å²) in [6.45, 7) is 3.16. The fraction of sp³-hybridized carbons (Fsp3) is 0.300. The first-order valence-electron chi connectivity index (χ1n) is 9.26. The minimum atomic E-state index is -3.64. The van der Waals surface area contributed by atoms with E-state index in [9.17, 15) is 22.4 Å². The second kappa shape index (κ2) is 8.81. The summed E-state index contributed by atoms with van der Waals surface area (Å²) in [6, 6.07) is 11.6. The number of nitrogens with one attached hydrogen (secondary N) is 2. The predicted molar refractivity (Wildman–Crippen MR) is 106 cm³/mol. The number of anilines is 1. The van der Waals surface area contributed by atoms with Crippen LogP contribution in [0, 0.1) is 5.82 Å². The number of sulfonamides is 1. The minimum Gasteiger partial charge on any atom is -0.325 e. The Balaban J connectivity index is 1.55. The number of ketones is 1. The maximum absolute atomic E-state index is 13.2. The molecule has 1 aliphatic rings. The highest BCUT2D eigenvalue weighted by Gasteiger charge is 2.31. The van der Waals surface area contributed by atoms with E-state index in [1.54, 1.807) is 6.07 Å². The van der Waals surface area contributed by atoms with Gasteiger partial charge in [-0.25, -0.2) is 12.8 Å². The first-order chi connectivity index (χ1) is 13.8. The summed E-state index contributed by atoms with van der Waals surface area (Å²) < 4.78 is 40.2. The highest BCUT2D eigenvalue weighted by molar-refractivity contribution is 7.89. The van der Waals surface area contributed by atoms with E-state index in [1.807, 2.05) is 0 Å². The van der Waals surface area contributed by atoms with Gasteiger partial charge in [0.15, 0.2) is 12.3 Å². The lowest BCUT2D eigenvalue weighted by Gasteiger charge is -2.31. The summed E-state index contributed by atoms with van der Waals surface area (Å²) in [5, 5.41) is 2.65. The Morgan fingerprint density at radius 1 is 1.10 bits per heavy atom. The van der Waals surface area contributed by atoms with Crippen LogP contribution >= 0.6 is 0 Å². The van der Waals surface area contributed by atoms with Crippen molar-refractivity contribution in [3.05, 3.63) is 59.9 Å². The van der Waals surface area contributed by atoms with Crippen molar-refractivity contribution >= 4 is 27.4 Å². The lowest BCUT2D eigenvalue weighted by atomic mass is 10.2. The van der Waals surface area contributed by atoms with E-state index >= 15 is 0 Å². The highest BCUT2D eigenvalue weighted by Crippen LogP contribution is 2.16. The van der Waals surface area contributed by atoms with Crippen LogP contribution in [0.25, 0.3) is 0 Å². The zero-order valence-corrected chi connectivity index (χ0v) is 16.8. The number of hydrogen-bond acceptors (Lipinski definition) is 4. The quantitative estimate of drug-likeness (QED) is 0.669. The zero-order valence-electron chi connectivity index (χ0n) is 16.0. The van der Waals surface area contributed by atoms with Crippen LogP contribution in [0.2, 0.25) is 0 Å². The molecule has 0 aliphatic carbocycles. The number of halogens is 1. The second-order valence-corrected chi connectivity index (χ2v) is 8.91. The van der Waals surface area contributed by atoms with Gasteiger partial charge in [0.25, 0.3) is 5.91 Å². The van der Waals surface area contributed by atoms with Gasteiger partial charge < -0.3 is 10.2 Å².